The molecule has 2 fully saturated rings. The maximum absolute atomic E-state index is 12.7. The average molecular weight is 387 g/mol. The molecule has 0 unspecified atom stereocenters. The summed E-state index contributed by atoms with van der Waals surface area (Å²) in [6.07, 6.45) is 3.57. The Morgan fingerprint density at radius 2 is 1.68 bits per heavy atom. The second-order valence-electron chi connectivity index (χ2n) is 7.51. The van der Waals surface area contributed by atoms with Gasteiger partial charge in [0.2, 0.25) is 11.8 Å². The normalized spacial score (nSPS) is 18.1. The number of piperidine rings is 1. The topological polar surface area (TPSA) is 79.0 Å². The molecule has 2 heterocycles. The number of rotatable bonds is 7. The molecule has 3 rings (SSSR count). The molecule has 2 amide bonds. The van der Waals surface area contributed by atoms with Crippen molar-refractivity contribution in [3.63, 3.8) is 0 Å². The van der Waals surface area contributed by atoms with Crippen LogP contribution in [0.4, 0.5) is 0 Å². The van der Waals surface area contributed by atoms with Crippen molar-refractivity contribution in [1.82, 2.24) is 15.1 Å². The molecule has 152 valence electrons. The van der Waals surface area contributed by atoms with Crippen molar-refractivity contribution in [1.29, 1.82) is 0 Å². The molecule has 0 radical (unpaired) electrons. The summed E-state index contributed by atoms with van der Waals surface area (Å²) >= 11 is 0. The lowest BCUT2D eigenvalue weighted by Crippen LogP contribution is -2.45. The van der Waals surface area contributed by atoms with Crippen molar-refractivity contribution < 1.29 is 19.1 Å². The van der Waals surface area contributed by atoms with Gasteiger partial charge < -0.3 is 15.0 Å². The molecule has 0 saturated carbocycles. The van der Waals surface area contributed by atoms with E-state index in [0.29, 0.717) is 18.7 Å². The average Bonchev–Trinajstić information content (AvgIpc) is 3.27. The standard InChI is InChI=1S/C21H29N3O4/c1-28-18-6-4-16(5-7-18)21(27)17-8-12-23(13-9-17)15-19(25)22-14-20(26)24-10-2-3-11-24/h4-7,17H,2-3,8-15H2,1H3,(H,22,25). The van der Waals surface area contributed by atoms with Crippen molar-refractivity contribution in [2.75, 3.05) is 46.4 Å². The van der Waals surface area contributed by atoms with Gasteiger partial charge in [0.05, 0.1) is 20.2 Å². The summed E-state index contributed by atoms with van der Waals surface area (Å²) in [7, 11) is 1.60. The van der Waals surface area contributed by atoms with E-state index in [9.17, 15) is 14.4 Å². The van der Waals surface area contributed by atoms with Gasteiger partial charge in [-0.05, 0) is 63.0 Å². The molecule has 1 aromatic rings. The smallest absolute Gasteiger partial charge is 0.241 e. The number of nitrogens with zero attached hydrogens (tertiary/aromatic N) is 2. The molecule has 2 aliphatic rings. The number of carbonyl (C=O) groups excluding carboxylic acids is 3. The number of carbonyl (C=O) groups is 3. The molecular formula is C21H29N3O4. The number of nitrogens with one attached hydrogen (secondary N) is 1. The van der Waals surface area contributed by atoms with Crippen molar-refractivity contribution >= 4 is 17.6 Å². The van der Waals surface area contributed by atoms with Gasteiger partial charge in [-0.3, -0.25) is 19.3 Å². The third-order valence-electron chi connectivity index (χ3n) is 5.60. The number of benzene rings is 1. The number of hydrogen-bond acceptors (Lipinski definition) is 5. The van der Waals surface area contributed by atoms with E-state index in [1.165, 1.54) is 0 Å². The van der Waals surface area contributed by atoms with Gasteiger partial charge in [0.25, 0.3) is 0 Å². The highest BCUT2D eigenvalue weighted by atomic mass is 16.5. The van der Waals surface area contributed by atoms with Crippen LogP contribution in [-0.4, -0.2) is 73.8 Å². The van der Waals surface area contributed by atoms with E-state index in [4.69, 9.17) is 4.74 Å². The van der Waals surface area contributed by atoms with Crippen LogP contribution in [0.2, 0.25) is 0 Å². The lowest BCUT2D eigenvalue weighted by Gasteiger charge is -2.30. The third kappa shape index (κ3) is 5.32. The predicted octanol–water partition coefficient (Wildman–Crippen LogP) is 1.33. The van der Waals surface area contributed by atoms with Crippen molar-refractivity contribution in [3.05, 3.63) is 29.8 Å². The van der Waals surface area contributed by atoms with Crippen LogP contribution in [0, 0.1) is 5.92 Å². The van der Waals surface area contributed by atoms with Crippen LogP contribution in [0.3, 0.4) is 0 Å². The number of methoxy groups -OCH3 is 1. The summed E-state index contributed by atoms with van der Waals surface area (Å²) in [4.78, 5) is 40.6. The summed E-state index contributed by atoms with van der Waals surface area (Å²) < 4.78 is 5.13. The van der Waals surface area contributed by atoms with Gasteiger partial charge in [-0.25, -0.2) is 0 Å². The highest BCUT2D eigenvalue weighted by Gasteiger charge is 2.27. The van der Waals surface area contributed by atoms with Gasteiger partial charge in [-0.1, -0.05) is 0 Å². The van der Waals surface area contributed by atoms with E-state index in [1.54, 1.807) is 36.3 Å². The molecule has 0 bridgehead atoms. The first kappa shape index (κ1) is 20.3. The molecule has 1 aromatic carbocycles. The van der Waals surface area contributed by atoms with Crippen molar-refractivity contribution in [2.24, 2.45) is 5.92 Å². The van der Waals surface area contributed by atoms with Gasteiger partial charge in [0, 0.05) is 24.6 Å². The zero-order chi connectivity index (χ0) is 19.9. The fourth-order valence-corrected chi connectivity index (χ4v) is 3.86. The second kappa shape index (κ2) is 9.68. The van der Waals surface area contributed by atoms with E-state index in [0.717, 1.165) is 44.5 Å². The fraction of sp³-hybridized carbons (Fsp3) is 0.571. The van der Waals surface area contributed by atoms with Gasteiger partial charge in [-0.15, -0.1) is 0 Å². The number of likely N-dealkylation sites (tertiary alicyclic amines) is 2. The van der Waals surface area contributed by atoms with Gasteiger partial charge in [0.1, 0.15) is 5.75 Å². The summed E-state index contributed by atoms with van der Waals surface area (Å²) in [5, 5.41) is 2.73. The SMILES string of the molecule is COc1ccc(C(=O)C2CCN(CC(=O)NCC(=O)N3CCCC3)CC2)cc1. The Hall–Kier alpha value is -2.41. The monoisotopic (exact) mass is 387 g/mol. The second-order valence-corrected chi connectivity index (χ2v) is 7.51. The number of ketones is 1. The first-order valence-corrected chi connectivity index (χ1v) is 10.0. The summed E-state index contributed by atoms with van der Waals surface area (Å²) in [5.41, 5.74) is 0.706. The molecular weight excluding hydrogens is 358 g/mol. The predicted molar refractivity (Wildman–Crippen MR) is 105 cm³/mol. The molecule has 2 aliphatic heterocycles. The van der Waals surface area contributed by atoms with E-state index < -0.39 is 0 Å². The number of amides is 2. The molecule has 0 aliphatic carbocycles. The summed E-state index contributed by atoms with van der Waals surface area (Å²) in [6, 6.07) is 7.21. The first-order valence-electron chi connectivity index (χ1n) is 10.0. The third-order valence-corrected chi connectivity index (χ3v) is 5.60. The molecule has 0 atom stereocenters. The van der Waals surface area contributed by atoms with Crippen LogP contribution in [-0.2, 0) is 9.59 Å². The lowest BCUT2D eigenvalue weighted by atomic mass is 9.89. The lowest BCUT2D eigenvalue weighted by molar-refractivity contribution is -0.132. The fourth-order valence-electron chi connectivity index (χ4n) is 3.86. The van der Waals surface area contributed by atoms with Crippen LogP contribution in [0.25, 0.3) is 0 Å². The molecule has 28 heavy (non-hydrogen) atoms. The molecule has 7 nitrogen and oxygen atoms in total. The van der Waals surface area contributed by atoms with Crippen LogP contribution in [0.1, 0.15) is 36.0 Å². The first-order chi connectivity index (χ1) is 13.6. The zero-order valence-electron chi connectivity index (χ0n) is 16.5. The maximum Gasteiger partial charge on any atom is 0.241 e. The highest BCUT2D eigenvalue weighted by molar-refractivity contribution is 5.98. The Morgan fingerprint density at radius 1 is 1.04 bits per heavy atom. The Labute approximate surface area is 166 Å². The van der Waals surface area contributed by atoms with Crippen molar-refractivity contribution in [3.8, 4) is 5.75 Å². The minimum absolute atomic E-state index is 0.00496. The number of Topliss-reactive ketones (excluding diaryl/α,β-unsaturated/α-hetero) is 1. The minimum atomic E-state index is -0.132. The molecule has 0 aromatic heterocycles. The van der Waals surface area contributed by atoms with Crippen LogP contribution >= 0.6 is 0 Å². The molecule has 2 saturated heterocycles. The quantitative estimate of drug-likeness (QED) is 0.714. The van der Waals surface area contributed by atoms with Crippen molar-refractivity contribution in [2.45, 2.75) is 25.7 Å². The van der Waals surface area contributed by atoms with E-state index >= 15 is 0 Å². The Balaban J connectivity index is 1.38. The van der Waals surface area contributed by atoms with Gasteiger partial charge >= 0.3 is 0 Å². The molecule has 0 spiro atoms. The Bertz CT molecular complexity index is 690. The molecule has 7 heteroatoms. The summed E-state index contributed by atoms with van der Waals surface area (Å²) in [6.45, 7) is 3.36. The Kier molecular flexibility index (Phi) is 7.03. The van der Waals surface area contributed by atoms with Gasteiger partial charge in [0.15, 0.2) is 5.78 Å². The zero-order valence-corrected chi connectivity index (χ0v) is 16.5. The van der Waals surface area contributed by atoms with Gasteiger partial charge in [-0.2, -0.15) is 0 Å². The maximum atomic E-state index is 12.7. The van der Waals surface area contributed by atoms with Crippen LogP contribution < -0.4 is 10.1 Å². The molecule has 1 N–H and O–H groups in total. The van der Waals surface area contributed by atoms with E-state index in [-0.39, 0.29) is 36.6 Å². The summed E-state index contributed by atoms with van der Waals surface area (Å²) in [5.74, 6) is 0.745. The Morgan fingerprint density at radius 3 is 2.29 bits per heavy atom. The largest absolute Gasteiger partial charge is 0.497 e. The van der Waals surface area contributed by atoms with Crippen LogP contribution in [0.15, 0.2) is 24.3 Å². The number of ether oxygens (including phenoxy) is 1. The minimum Gasteiger partial charge on any atom is -0.497 e. The highest BCUT2D eigenvalue weighted by Crippen LogP contribution is 2.23. The van der Waals surface area contributed by atoms with E-state index in [1.807, 2.05) is 4.90 Å². The number of hydrogen-bond donors (Lipinski definition) is 1. The van der Waals surface area contributed by atoms with Crippen LogP contribution in [0.5, 0.6) is 5.75 Å². The van der Waals surface area contributed by atoms with E-state index in [2.05, 4.69) is 5.32 Å².